The maximum Gasteiger partial charge on any atom is 0.481 e. The van der Waals surface area contributed by atoms with Gasteiger partial charge in [0.15, 0.2) is 0 Å². The predicted octanol–water partition coefficient (Wildman–Crippen LogP) is 0.593. The maximum atomic E-state index is 10.2. The Bertz CT molecular complexity index is 288. The molecule has 0 aromatic carbocycles. The van der Waals surface area contributed by atoms with Crippen LogP contribution in [-0.2, 0) is 8.54 Å². The molecule has 0 saturated carbocycles. The quantitative estimate of drug-likeness (QED) is 0.554. The first kappa shape index (κ1) is 9.63. The lowest BCUT2D eigenvalue weighted by molar-refractivity contribution is 0.298. The minimum atomic E-state index is -4.42. The van der Waals surface area contributed by atoms with E-state index in [1.807, 2.05) is 0 Å². The fourth-order valence-electron chi connectivity index (χ4n) is 0.420. The van der Waals surface area contributed by atoms with Gasteiger partial charge in [0.25, 0.3) is 0 Å². The highest BCUT2D eigenvalue weighted by molar-refractivity contribution is 7.97. The van der Waals surface area contributed by atoms with Crippen molar-refractivity contribution in [2.24, 2.45) is 0 Å². The molecule has 2 N–H and O–H groups in total. The standard InChI is InChI=1S/C4H5N2O4PS/c7-11(8,9)10-12-4-1-5-3-6-2-4/h1-3H,(H2,7,8,9). The Morgan fingerprint density at radius 3 is 2.50 bits per heavy atom. The zero-order chi connectivity index (χ0) is 9.03. The molecule has 0 bridgehead atoms. The van der Waals surface area contributed by atoms with Crippen LogP contribution in [0.2, 0.25) is 0 Å². The molecule has 1 aromatic heterocycles. The van der Waals surface area contributed by atoms with Crippen LogP contribution in [0.3, 0.4) is 0 Å². The molecule has 0 radical (unpaired) electrons. The maximum absolute atomic E-state index is 10.2. The van der Waals surface area contributed by atoms with Gasteiger partial charge in [-0.3, -0.25) is 0 Å². The van der Waals surface area contributed by atoms with Gasteiger partial charge in [0.05, 0.1) is 4.90 Å². The van der Waals surface area contributed by atoms with Crippen molar-refractivity contribution in [1.29, 1.82) is 0 Å². The van der Waals surface area contributed by atoms with Crippen molar-refractivity contribution in [3.05, 3.63) is 18.7 Å². The molecule has 0 amide bonds. The van der Waals surface area contributed by atoms with Crippen LogP contribution in [0.25, 0.3) is 0 Å². The summed E-state index contributed by atoms with van der Waals surface area (Å²) in [7, 11) is -4.42. The van der Waals surface area contributed by atoms with Gasteiger partial charge in [0, 0.05) is 24.4 Å². The van der Waals surface area contributed by atoms with E-state index >= 15 is 0 Å². The normalized spacial score (nSPS) is 11.5. The van der Waals surface area contributed by atoms with Crippen molar-refractivity contribution in [3.63, 3.8) is 0 Å². The highest BCUT2D eigenvalue weighted by Crippen LogP contribution is 2.42. The molecule has 12 heavy (non-hydrogen) atoms. The average Bonchev–Trinajstić information content (AvgIpc) is 2.02. The SMILES string of the molecule is O=P(O)(O)OSc1cncnc1. The van der Waals surface area contributed by atoms with Crippen molar-refractivity contribution in [1.82, 2.24) is 9.97 Å². The third kappa shape index (κ3) is 3.80. The smallest absolute Gasteiger partial charge is 0.302 e. The second-order valence-corrected chi connectivity index (χ2v) is 3.94. The van der Waals surface area contributed by atoms with Gasteiger partial charge in [-0.1, -0.05) is 0 Å². The molecule has 6 nitrogen and oxygen atoms in total. The van der Waals surface area contributed by atoms with E-state index in [4.69, 9.17) is 9.79 Å². The zero-order valence-electron chi connectivity index (χ0n) is 5.69. The Morgan fingerprint density at radius 2 is 2.00 bits per heavy atom. The monoisotopic (exact) mass is 208 g/mol. The lowest BCUT2D eigenvalue weighted by Gasteiger charge is -2.01. The van der Waals surface area contributed by atoms with E-state index in [1.54, 1.807) is 0 Å². The van der Waals surface area contributed by atoms with E-state index in [-0.39, 0.29) is 0 Å². The molecular formula is C4H5N2O4PS. The Labute approximate surface area is 72.5 Å². The fraction of sp³-hybridized carbons (Fsp3) is 0. The first-order valence-electron chi connectivity index (χ1n) is 2.75. The topological polar surface area (TPSA) is 92.5 Å². The fourth-order valence-corrected chi connectivity index (χ4v) is 1.36. The minimum Gasteiger partial charge on any atom is -0.302 e. The van der Waals surface area contributed by atoms with Gasteiger partial charge >= 0.3 is 7.82 Å². The van der Waals surface area contributed by atoms with Crippen LogP contribution in [-0.4, -0.2) is 19.8 Å². The van der Waals surface area contributed by atoms with Crippen molar-refractivity contribution in [2.45, 2.75) is 4.90 Å². The van der Waals surface area contributed by atoms with Gasteiger partial charge < -0.3 is 9.79 Å². The molecule has 0 aliphatic heterocycles. The number of aromatic nitrogens is 2. The summed E-state index contributed by atoms with van der Waals surface area (Å²) in [6, 6.07) is 0. The van der Waals surface area contributed by atoms with E-state index in [1.165, 1.54) is 18.7 Å². The number of hydrogen-bond donors (Lipinski definition) is 2. The average molecular weight is 208 g/mol. The van der Waals surface area contributed by atoms with Gasteiger partial charge in [0.2, 0.25) is 0 Å². The van der Waals surface area contributed by atoms with Crippen LogP contribution >= 0.6 is 19.9 Å². The first-order chi connectivity index (χ1) is 5.58. The summed E-state index contributed by atoms with van der Waals surface area (Å²) < 4.78 is 14.3. The van der Waals surface area contributed by atoms with Gasteiger partial charge in [0.1, 0.15) is 6.33 Å². The van der Waals surface area contributed by atoms with E-state index < -0.39 is 7.82 Å². The molecule has 0 atom stereocenters. The van der Waals surface area contributed by atoms with Crippen LogP contribution < -0.4 is 0 Å². The van der Waals surface area contributed by atoms with Gasteiger partial charge in [-0.25, -0.2) is 18.5 Å². The number of nitrogens with zero attached hydrogens (tertiary/aromatic N) is 2. The largest absolute Gasteiger partial charge is 0.481 e. The van der Waals surface area contributed by atoms with Crippen LogP contribution in [0.15, 0.2) is 23.6 Å². The molecule has 0 aliphatic carbocycles. The number of rotatable bonds is 3. The van der Waals surface area contributed by atoms with Crippen LogP contribution in [0.1, 0.15) is 0 Å². The molecular weight excluding hydrogens is 203 g/mol. The molecule has 1 rings (SSSR count). The molecule has 0 spiro atoms. The highest BCUT2D eigenvalue weighted by atomic mass is 32.2. The summed E-state index contributed by atoms with van der Waals surface area (Å²) in [5.74, 6) is 0. The van der Waals surface area contributed by atoms with Gasteiger partial charge in [-0.15, -0.1) is 0 Å². The molecule has 1 heterocycles. The Morgan fingerprint density at radius 1 is 1.42 bits per heavy atom. The summed E-state index contributed by atoms with van der Waals surface area (Å²) in [4.78, 5) is 24.3. The summed E-state index contributed by atoms with van der Waals surface area (Å²) in [5, 5.41) is 0. The second kappa shape index (κ2) is 3.97. The van der Waals surface area contributed by atoms with Crippen molar-refractivity contribution in [2.75, 3.05) is 0 Å². The molecule has 66 valence electrons. The van der Waals surface area contributed by atoms with Gasteiger partial charge in [-0.05, 0) is 0 Å². The summed E-state index contributed by atoms with van der Waals surface area (Å²) >= 11 is 0.539. The molecule has 0 saturated heterocycles. The summed E-state index contributed by atoms with van der Waals surface area (Å²) in [6.45, 7) is 0. The lowest BCUT2D eigenvalue weighted by Crippen LogP contribution is -1.81. The summed E-state index contributed by atoms with van der Waals surface area (Å²) in [5.41, 5.74) is 0. The van der Waals surface area contributed by atoms with E-state index in [0.717, 1.165) is 0 Å². The van der Waals surface area contributed by atoms with Crippen LogP contribution in [0.5, 0.6) is 0 Å². The van der Waals surface area contributed by atoms with E-state index in [9.17, 15) is 4.57 Å². The first-order valence-corrected chi connectivity index (χ1v) is 5.02. The van der Waals surface area contributed by atoms with Crippen molar-refractivity contribution < 1.29 is 18.3 Å². The zero-order valence-corrected chi connectivity index (χ0v) is 7.40. The lowest BCUT2D eigenvalue weighted by atomic mass is 10.7. The Balaban J connectivity index is 2.50. The third-order valence-electron chi connectivity index (χ3n) is 0.767. The van der Waals surface area contributed by atoms with Gasteiger partial charge in [-0.2, -0.15) is 0 Å². The molecule has 0 fully saturated rings. The second-order valence-electron chi connectivity index (χ2n) is 1.72. The van der Waals surface area contributed by atoms with E-state index in [0.29, 0.717) is 16.9 Å². The third-order valence-corrected chi connectivity index (χ3v) is 2.25. The molecule has 0 unspecified atom stereocenters. The minimum absolute atomic E-state index is 0.431. The van der Waals surface area contributed by atoms with Crippen LogP contribution in [0, 0.1) is 0 Å². The molecule has 1 aromatic rings. The van der Waals surface area contributed by atoms with Crippen LogP contribution in [0.4, 0.5) is 0 Å². The number of phosphoric acid groups is 1. The van der Waals surface area contributed by atoms with Crippen molar-refractivity contribution in [3.8, 4) is 0 Å². The highest BCUT2D eigenvalue weighted by Gasteiger charge is 2.14. The van der Waals surface area contributed by atoms with E-state index in [2.05, 4.69) is 13.9 Å². The summed E-state index contributed by atoms with van der Waals surface area (Å²) in [6.07, 6.45) is 4.07. The van der Waals surface area contributed by atoms with Crippen molar-refractivity contribution >= 4 is 19.9 Å². The predicted molar refractivity (Wildman–Crippen MR) is 41.0 cm³/mol. The molecule has 0 aliphatic rings. The molecule has 8 heteroatoms. The Kier molecular flexibility index (Phi) is 3.19. The number of hydrogen-bond acceptors (Lipinski definition) is 5. The Hall–Kier alpha value is -0.460.